The maximum Gasteiger partial charge on any atom is 0.125 e. The number of ether oxygens (including phenoxy) is 2. The Balaban J connectivity index is 2.01. The first-order chi connectivity index (χ1) is 11.1. The molecule has 0 fully saturated rings. The zero-order valence-electron chi connectivity index (χ0n) is 14.6. The summed E-state index contributed by atoms with van der Waals surface area (Å²) in [6.45, 7) is 3.69. The zero-order valence-corrected chi connectivity index (χ0v) is 14.6. The van der Waals surface area contributed by atoms with Crippen molar-refractivity contribution >= 4 is 0 Å². The molecule has 0 saturated carbocycles. The summed E-state index contributed by atoms with van der Waals surface area (Å²) in [4.78, 5) is 2.21. The van der Waals surface area contributed by atoms with E-state index in [1.807, 2.05) is 18.2 Å². The molecule has 0 unspecified atom stereocenters. The fraction of sp³-hybridized carbons (Fsp3) is 0.400. The Labute approximate surface area is 139 Å². The van der Waals surface area contributed by atoms with Crippen LogP contribution in [0.5, 0.6) is 11.5 Å². The predicted molar refractivity (Wildman–Crippen MR) is 95.4 cm³/mol. The summed E-state index contributed by atoms with van der Waals surface area (Å²) in [7, 11) is 5.92. The summed E-state index contributed by atoms with van der Waals surface area (Å²) in [5.41, 5.74) is 3.66. The van der Waals surface area contributed by atoms with Crippen LogP contribution in [0.2, 0.25) is 0 Å². The van der Waals surface area contributed by atoms with Crippen molar-refractivity contribution in [1.82, 2.24) is 4.90 Å². The van der Waals surface area contributed by atoms with Crippen molar-refractivity contribution in [3.05, 3.63) is 59.2 Å². The number of rotatable bonds is 8. The monoisotopic (exact) mass is 313 g/mol. The van der Waals surface area contributed by atoms with Crippen molar-refractivity contribution < 1.29 is 9.47 Å². The minimum Gasteiger partial charge on any atom is -0.496 e. The van der Waals surface area contributed by atoms with Crippen molar-refractivity contribution in [2.75, 3.05) is 27.7 Å². The van der Waals surface area contributed by atoms with Crippen LogP contribution in [0, 0.1) is 6.92 Å². The second-order valence-corrected chi connectivity index (χ2v) is 6.15. The van der Waals surface area contributed by atoms with E-state index in [1.165, 1.54) is 11.1 Å². The quantitative estimate of drug-likeness (QED) is 0.733. The van der Waals surface area contributed by atoms with Crippen LogP contribution in [0.15, 0.2) is 42.5 Å². The van der Waals surface area contributed by atoms with Gasteiger partial charge in [0.2, 0.25) is 0 Å². The van der Waals surface area contributed by atoms with Gasteiger partial charge in [-0.3, -0.25) is 0 Å². The molecule has 124 valence electrons. The molecule has 2 aromatic rings. The Morgan fingerprint density at radius 2 is 1.74 bits per heavy atom. The van der Waals surface area contributed by atoms with Gasteiger partial charge in [-0.2, -0.15) is 0 Å². The maximum atomic E-state index is 5.90. The molecule has 3 nitrogen and oxygen atoms in total. The minimum atomic E-state index is 0.522. The van der Waals surface area contributed by atoms with Crippen molar-refractivity contribution in [3.63, 3.8) is 0 Å². The van der Waals surface area contributed by atoms with Crippen LogP contribution >= 0.6 is 0 Å². The Hall–Kier alpha value is -2.00. The molecule has 3 heteroatoms. The Morgan fingerprint density at radius 3 is 2.39 bits per heavy atom. The molecule has 2 rings (SSSR count). The van der Waals surface area contributed by atoms with Gasteiger partial charge in [0.1, 0.15) is 18.1 Å². The first-order valence-electron chi connectivity index (χ1n) is 8.08. The summed E-state index contributed by atoms with van der Waals surface area (Å²) < 4.78 is 11.4. The van der Waals surface area contributed by atoms with Crippen molar-refractivity contribution in [2.45, 2.75) is 26.4 Å². The van der Waals surface area contributed by atoms with E-state index in [9.17, 15) is 0 Å². The third kappa shape index (κ3) is 5.61. The summed E-state index contributed by atoms with van der Waals surface area (Å²) in [5, 5.41) is 0. The second-order valence-electron chi connectivity index (χ2n) is 6.15. The molecule has 0 amide bonds. The standard InChI is InChI=1S/C20H27NO2/c1-16-7-10-19(11-8-16)23-15-18-14-17(6-5-13-21(2)3)9-12-20(18)22-4/h7-12,14H,5-6,13,15H2,1-4H3. The molecule has 0 spiro atoms. The number of hydrogen-bond acceptors (Lipinski definition) is 3. The van der Waals surface area contributed by atoms with E-state index in [1.54, 1.807) is 7.11 Å². The lowest BCUT2D eigenvalue weighted by atomic mass is 10.1. The van der Waals surface area contributed by atoms with Gasteiger partial charge in [0, 0.05) is 5.56 Å². The van der Waals surface area contributed by atoms with Gasteiger partial charge >= 0.3 is 0 Å². The second kappa shape index (κ2) is 8.59. The average molecular weight is 313 g/mol. The molecule has 0 aliphatic heterocycles. The van der Waals surface area contributed by atoms with Gasteiger partial charge in [-0.15, -0.1) is 0 Å². The van der Waals surface area contributed by atoms with Gasteiger partial charge in [-0.1, -0.05) is 23.8 Å². The van der Waals surface area contributed by atoms with Gasteiger partial charge in [-0.05, 0) is 70.2 Å². The highest BCUT2D eigenvalue weighted by Gasteiger charge is 2.06. The Morgan fingerprint density at radius 1 is 1.00 bits per heavy atom. The van der Waals surface area contributed by atoms with E-state index in [-0.39, 0.29) is 0 Å². The third-order valence-electron chi connectivity index (χ3n) is 3.83. The van der Waals surface area contributed by atoms with E-state index in [4.69, 9.17) is 9.47 Å². The molecule has 0 aromatic heterocycles. The summed E-state index contributed by atoms with van der Waals surface area (Å²) in [6, 6.07) is 14.5. The zero-order chi connectivity index (χ0) is 16.7. The molecule has 23 heavy (non-hydrogen) atoms. The normalized spacial score (nSPS) is 10.8. The van der Waals surface area contributed by atoms with E-state index in [0.717, 1.165) is 36.4 Å². The molecule has 0 radical (unpaired) electrons. The van der Waals surface area contributed by atoms with Gasteiger partial charge in [0.25, 0.3) is 0 Å². The lowest BCUT2D eigenvalue weighted by molar-refractivity contribution is 0.296. The van der Waals surface area contributed by atoms with Gasteiger partial charge in [-0.25, -0.2) is 0 Å². The number of benzene rings is 2. The number of aryl methyl sites for hydroxylation is 2. The van der Waals surface area contributed by atoms with Gasteiger partial charge in [0.05, 0.1) is 7.11 Å². The molecular weight excluding hydrogens is 286 g/mol. The molecule has 0 N–H and O–H groups in total. The Kier molecular flexibility index (Phi) is 6.48. The third-order valence-corrected chi connectivity index (χ3v) is 3.83. The molecule has 0 aliphatic rings. The van der Waals surface area contributed by atoms with Crippen LogP contribution < -0.4 is 9.47 Å². The van der Waals surface area contributed by atoms with Crippen LogP contribution in [0.4, 0.5) is 0 Å². The van der Waals surface area contributed by atoms with Crippen molar-refractivity contribution in [1.29, 1.82) is 0 Å². The van der Waals surface area contributed by atoms with Crippen LogP contribution in [-0.2, 0) is 13.0 Å². The highest BCUT2D eigenvalue weighted by atomic mass is 16.5. The first-order valence-corrected chi connectivity index (χ1v) is 8.08. The maximum absolute atomic E-state index is 5.90. The molecule has 0 aliphatic carbocycles. The lowest BCUT2D eigenvalue weighted by Gasteiger charge is -2.13. The van der Waals surface area contributed by atoms with E-state index < -0.39 is 0 Å². The summed E-state index contributed by atoms with van der Waals surface area (Å²) in [5.74, 6) is 1.77. The molecule has 0 saturated heterocycles. The summed E-state index contributed by atoms with van der Waals surface area (Å²) >= 11 is 0. The molecule has 0 bridgehead atoms. The van der Waals surface area contributed by atoms with Crippen LogP contribution in [0.25, 0.3) is 0 Å². The number of nitrogens with zero attached hydrogens (tertiary/aromatic N) is 1. The largest absolute Gasteiger partial charge is 0.496 e. The molecule has 0 atom stereocenters. The van der Waals surface area contributed by atoms with Crippen LogP contribution in [0.3, 0.4) is 0 Å². The van der Waals surface area contributed by atoms with E-state index in [2.05, 4.69) is 50.2 Å². The topological polar surface area (TPSA) is 21.7 Å². The fourth-order valence-corrected chi connectivity index (χ4v) is 2.50. The van der Waals surface area contributed by atoms with E-state index in [0.29, 0.717) is 6.61 Å². The molecule has 0 heterocycles. The average Bonchev–Trinajstić information content (AvgIpc) is 2.54. The van der Waals surface area contributed by atoms with Crippen molar-refractivity contribution in [2.24, 2.45) is 0 Å². The number of methoxy groups -OCH3 is 1. The SMILES string of the molecule is COc1ccc(CCCN(C)C)cc1COc1ccc(C)cc1. The van der Waals surface area contributed by atoms with E-state index >= 15 is 0 Å². The Bertz CT molecular complexity index is 606. The van der Waals surface area contributed by atoms with Gasteiger partial charge in [0.15, 0.2) is 0 Å². The highest BCUT2D eigenvalue weighted by Crippen LogP contribution is 2.23. The van der Waals surface area contributed by atoms with Gasteiger partial charge < -0.3 is 14.4 Å². The fourth-order valence-electron chi connectivity index (χ4n) is 2.50. The molecule has 2 aromatic carbocycles. The summed E-state index contributed by atoms with van der Waals surface area (Å²) in [6.07, 6.45) is 2.22. The highest BCUT2D eigenvalue weighted by molar-refractivity contribution is 5.37. The van der Waals surface area contributed by atoms with Crippen molar-refractivity contribution in [3.8, 4) is 11.5 Å². The minimum absolute atomic E-state index is 0.522. The van der Waals surface area contributed by atoms with Crippen LogP contribution in [0.1, 0.15) is 23.1 Å². The smallest absolute Gasteiger partial charge is 0.125 e. The predicted octanol–water partition coefficient (Wildman–Crippen LogP) is 4.08. The lowest BCUT2D eigenvalue weighted by Crippen LogP contribution is -2.13. The van der Waals surface area contributed by atoms with Crippen LogP contribution in [-0.4, -0.2) is 32.6 Å². The molecular formula is C20H27NO2. The first kappa shape index (κ1) is 17.4. The number of hydrogen-bond donors (Lipinski definition) is 0.